The summed E-state index contributed by atoms with van der Waals surface area (Å²) < 4.78 is 7.55. The number of nitrogens with zero attached hydrogens (tertiary/aromatic N) is 3. The summed E-state index contributed by atoms with van der Waals surface area (Å²) in [7, 11) is 0. The van der Waals surface area contributed by atoms with E-state index >= 15 is 0 Å². The highest BCUT2D eigenvalue weighted by atomic mass is 16.5. The van der Waals surface area contributed by atoms with E-state index in [0.29, 0.717) is 19.4 Å². The van der Waals surface area contributed by atoms with Crippen LogP contribution >= 0.6 is 0 Å². The van der Waals surface area contributed by atoms with Gasteiger partial charge in [0.1, 0.15) is 5.41 Å². The smallest absolute Gasteiger partial charge is 0.236 e. The highest BCUT2D eigenvalue weighted by Crippen LogP contribution is 2.55. The Kier molecular flexibility index (Phi) is 10.4. The molecule has 0 spiro atoms. The molecule has 0 radical (unpaired) electrons. The lowest BCUT2D eigenvalue weighted by atomic mass is 9.89. The maximum Gasteiger partial charge on any atom is 0.236 e. The van der Waals surface area contributed by atoms with E-state index in [0.717, 1.165) is 104 Å². The third kappa shape index (κ3) is 7.26. The van der Waals surface area contributed by atoms with Gasteiger partial charge >= 0.3 is 0 Å². The van der Waals surface area contributed by atoms with E-state index in [2.05, 4.69) is 84.3 Å². The number of primary amides is 1. The van der Waals surface area contributed by atoms with Crippen molar-refractivity contribution in [2.45, 2.75) is 91.3 Å². The Balaban J connectivity index is 1.09. The van der Waals surface area contributed by atoms with Crippen LogP contribution in [0.4, 0.5) is 5.69 Å². The Morgan fingerprint density at radius 1 is 1.04 bits per heavy atom. The molecule has 2 aromatic carbocycles. The van der Waals surface area contributed by atoms with Crippen molar-refractivity contribution >= 4 is 28.5 Å². The molecule has 51 heavy (non-hydrogen) atoms. The number of aromatic nitrogens is 3. The zero-order valence-electron chi connectivity index (χ0n) is 30.4. The maximum atomic E-state index is 13.9. The number of ether oxygens (including phenoxy) is 1. The third-order valence-corrected chi connectivity index (χ3v) is 11.6. The molecule has 1 saturated carbocycles. The molecule has 2 unspecified atom stereocenters. The molecule has 2 amide bonds. The first-order chi connectivity index (χ1) is 24.8. The average molecular weight is 692 g/mol. The van der Waals surface area contributed by atoms with Crippen LogP contribution in [0.3, 0.4) is 0 Å². The Morgan fingerprint density at radius 2 is 1.84 bits per heavy atom. The number of piperidine rings is 1. The lowest BCUT2D eigenvalue weighted by Crippen LogP contribution is -2.42. The van der Waals surface area contributed by atoms with Gasteiger partial charge in [0.05, 0.1) is 17.3 Å². The molecule has 3 fully saturated rings. The lowest BCUT2D eigenvalue weighted by molar-refractivity contribution is -0.136. The Hall–Kier alpha value is -4.28. The van der Waals surface area contributed by atoms with Crippen LogP contribution in [0.1, 0.15) is 73.9 Å². The first kappa shape index (κ1) is 35.1. The summed E-state index contributed by atoms with van der Waals surface area (Å²) >= 11 is 0. The zero-order valence-corrected chi connectivity index (χ0v) is 30.4. The number of hydrogen-bond donors (Lipinski definition) is 4. The number of nitrogens with two attached hydrogens (primary N) is 1. The van der Waals surface area contributed by atoms with Gasteiger partial charge in [0.25, 0.3) is 0 Å². The van der Waals surface area contributed by atoms with Gasteiger partial charge in [0.15, 0.2) is 5.65 Å². The minimum atomic E-state index is -1.25. The first-order valence-corrected chi connectivity index (χ1v) is 19.0. The number of pyridine rings is 1. The summed E-state index contributed by atoms with van der Waals surface area (Å²) in [5, 5.41) is 16.0. The molecular weight excluding hydrogens is 638 g/mol. The molecule has 7 rings (SSSR count). The number of carbonyl (C=O) groups is 2. The van der Waals surface area contributed by atoms with Crippen molar-refractivity contribution in [2.75, 3.05) is 31.6 Å². The van der Waals surface area contributed by atoms with Crippen molar-refractivity contribution in [3.63, 3.8) is 0 Å². The van der Waals surface area contributed by atoms with Gasteiger partial charge in [0, 0.05) is 38.0 Å². The molecule has 3 aliphatic rings. The van der Waals surface area contributed by atoms with Gasteiger partial charge in [-0.1, -0.05) is 43.3 Å². The molecule has 270 valence electrons. The van der Waals surface area contributed by atoms with Crippen molar-refractivity contribution in [3.8, 4) is 11.1 Å². The standard InChI is InChI=1S/C41H53N7O3/c1-4-36-34(37(46-32-13-17-51-18-14-32)35-25-45-48(5-2)38(35)47-36)22-31-23-41(31,39(42)49)40(50)44-24-29-10-9-26(3)33(21-29)30-8-6-7-28(20-30)19-27-11-15-43-16-12-27/h6-10,20-21,25,27,31-32,43H,4-5,11-19,22-24H2,1-3H3,(H2,42,49)(H,44,50)(H,46,47). The molecule has 4 aromatic rings. The van der Waals surface area contributed by atoms with Crippen LogP contribution in [0.25, 0.3) is 22.2 Å². The normalized spacial score (nSPS) is 21.1. The molecule has 10 nitrogen and oxygen atoms in total. The second kappa shape index (κ2) is 15.1. The zero-order chi connectivity index (χ0) is 35.5. The van der Waals surface area contributed by atoms with E-state index < -0.39 is 11.3 Å². The SMILES string of the molecule is CCc1nc2c(cnn2CC)c(NC2CCOCC2)c1CC1CC1(C(N)=O)C(=O)NCc1ccc(C)c(-c2cccc(CC3CCNCC3)c2)c1. The third-order valence-electron chi connectivity index (χ3n) is 11.6. The number of rotatable bonds is 13. The van der Waals surface area contributed by atoms with Crippen LogP contribution in [0, 0.1) is 24.2 Å². The monoisotopic (exact) mass is 691 g/mol. The minimum Gasteiger partial charge on any atom is -0.381 e. The lowest BCUT2D eigenvalue weighted by Gasteiger charge is -2.27. The van der Waals surface area contributed by atoms with Crippen molar-refractivity contribution in [1.82, 2.24) is 25.4 Å². The fraction of sp³-hybridized carbons (Fsp3) is 0.512. The fourth-order valence-corrected chi connectivity index (χ4v) is 8.36. The topological polar surface area (TPSA) is 136 Å². The Bertz CT molecular complexity index is 1890. The van der Waals surface area contributed by atoms with Gasteiger partial charge < -0.3 is 26.4 Å². The van der Waals surface area contributed by atoms with E-state index in [1.54, 1.807) is 0 Å². The maximum absolute atomic E-state index is 13.9. The second-order valence-electron chi connectivity index (χ2n) is 14.9. The molecule has 2 atom stereocenters. The van der Waals surface area contributed by atoms with Crippen LogP contribution < -0.4 is 21.7 Å². The molecule has 0 bridgehead atoms. The van der Waals surface area contributed by atoms with E-state index in [1.165, 1.54) is 29.5 Å². The number of fused-ring (bicyclic) bond motifs is 1. The van der Waals surface area contributed by atoms with Crippen LogP contribution in [0.2, 0.25) is 0 Å². The van der Waals surface area contributed by atoms with Crippen LogP contribution in [-0.2, 0) is 46.7 Å². The average Bonchev–Trinajstić information content (AvgIpc) is 3.74. The van der Waals surface area contributed by atoms with Crippen LogP contribution in [0.15, 0.2) is 48.7 Å². The molecule has 2 saturated heterocycles. The van der Waals surface area contributed by atoms with Gasteiger partial charge in [0.2, 0.25) is 11.8 Å². The van der Waals surface area contributed by atoms with Gasteiger partial charge in [-0.2, -0.15) is 5.10 Å². The highest BCUT2D eigenvalue weighted by Gasteiger charge is 2.64. The van der Waals surface area contributed by atoms with E-state index in [1.807, 2.05) is 10.9 Å². The number of benzene rings is 2. The quantitative estimate of drug-likeness (QED) is 0.137. The van der Waals surface area contributed by atoms with Crippen molar-refractivity contribution in [1.29, 1.82) is 0 Å². The predicted molar refractivity (Wildman–Crippen MR) is 201 cm³/mol. The summed E-state index contributed by atoms with van der Waals surface area (Å²) in [6.45, 7) is 11.0. The van der Waals surface area contributed by atoms with Crippen molar-refractivity contribution in [2.24, 2.45) is 23.0 Å². The molecule has 5 N–H and O–H groups in total. The number of aryl methyl sites for hydroxylation is 3. The molecule has 2 aliphatic heterocycles. The summed E-state index contributed by atoms with van der Waals surface area (Å²) in [6, 6.07) is 15.5. The molecule has 4 heterocycles. The van der Waals surface area contributed by atoms with Gasteiger partial charge in [-0.25, -0.2) is 9.67 Å². The van der Waals surface area contributed by atoms with Crippen molar-refractivity contribution in [3.05, 3.63) is 76.6 Å². The number of anilines is 1. The molecule has 1 aliphatic carbocycles. The van der Waals surface area contributed by atoms with Crippen LogP contribution in [0.5, 0.6) is 0 Å². The van der Waals surface area contributed by atoms with E-state index in [9.17, 15) is 9.59 Å². The number of nitrogens with one attached hydrogen (secondary N) is 3. The molecule has 10 heteroatoms. The number of carbonyl (C=O) groups excluding carboxylic acids is 2. The minimum absolute atomic E-state index is 0.215. The fourth-order valence-electron chi connectivity index (χ4n) is 8.36. The summed E-state index contributed by atoms with van der Waals surface area (Å²) in [5.74, 6) is -0.358. The van der Waals surface area contributed by atoms with Crippen LogP contribution in [-0.4, -0.2) is 58.9 Å². The Labute approximate surface area is 301 Å². The highest BCUT2D eigenvalue weighted by molar-refractivity contribution is 6.08. The molecular formula is C41H53N7O3. The van der Waals surface area contributed by atoms with Gasteiger partial charge in [-0.15, -0.1) is 0 Å². The van der Waals surface area contributed by atoms with Crippen molar-refractivity contribution < 1.29 is 14.3 Å². The summed E-state index contributed by atoms with van der Waals surface area (Å²) in [5.41, 5.74) is 14.6. The predicted octanol–water partition coefficient (Wildman–Crippen LogP) is 5.47. The summed E-state index contributed by atoms with van der Waals surface area (Å²) in [6.07, 6.45) is 8.92. The number of hydrogen-bond acceptors (Lipinski definition) is 7. The first-order valence-electron chi connectivity index (χ1n) is 19.0. The summed E-state index contributed by atoms with van der Waals surface area (Å²) in [4.78, 5) is 32.1. The Morgan fingerprint density at radius 3 is 2.59 bits per heavy atom. The largest absolute Gasteiger partial charge is 0.381 e. The molecule has 2 aromatic heterocycles. The van der Waals surface area contributed by atoms with E-state index in [-0.39, 0.29) is 17.9 Å². The number of amides is 2. The second-order valence-corrected chi connectivity index (χ2v) is 14.9. The van der Waals surface area contributed by atoms with E-state index in [4.69, 9.17) is 15.5 Å². The van der Waals surface area contributed by atoms with Gasteiger partial charge in [-0.3, -0.25) is 9.59 Å². The van der Waals surface area contributed by atoms with Gasteiger partial charge in [-0.05, 0) is 130 Å².